The number of nitrogens with one attached hydrogen (secondary N) is 1. The van der Waals surface area contributed by atoms with E-state index in [4.69, 9.17) is 4.74 Å². The van der Waals surface area contributed by atoms with Gasteiger partial charge in [0.15, 0.2) is 0 Å². The summed E-state index contributed by atoms with van der Waals surface area (Å²) in [6.07, 6.45) is 5.52. The molecule has 0 amide bonds. The predicted molar refractivity (Wildman–Crippen MR) is 64.5 cm³/mol. The van der Waals surface area contributed by atoms with Gasteiger partial charge in [-0.05, 0) is 44.4 Å². The summed E-state index contributed by atoms with van der Waals surface area (Å²) in [6, 6.07) is 4.41. The highest BCUT2D eigenvalue weighted by Gasteiger charge is 2.21. The monoisotopic (exact) mass is 220 g/mol. The summed E-state index contributed by atoms with van der Waals surface area (Å²) in [6.45, 7) is 3.00. The fourth-order valence-corrected chi connectivity index (χ4v) is 1.74. The van der Waals surface area contributed by atoms with Gasteiger partial charge in [0.25, 0.3) is 0 Å². The lowest BCUT2D eigenvalue weighted by atomic mass is 10.1. The molecule has 0 aliphatic heterocycles. The van der Waals surface area contributed by atoms with Gasteiger partial charge in [-0.25, -0.2) is 0 Å². The van der Waals surface area contributed by atoms with E-state index in [1.807, 2.05) is 25.4 Å². The van der Waals surface area contributed by atoms with Crippen LogP contribution in [0.1, 0.15) is 37.9 Å². The zero-order chi connectivity index (χ0) is 11.4. The Morgan fingerprint density at radius 1 is 1.50 bits per heavy atom. The van der Waals surface area contributed by atoms with E-state index < -0.39 is 0 Å². The van der Waals surface area contributed by atoms with Crippen LogP contribution < -0.4 is 10.1 Å². The van der Waals surface area contributed by atoms with E-state index in [0.717, 1.165) is 30.4 Å². The smallest absolute Gasteiger partial charge is 0.137 e. The Labute approximate surface area is 97.2 Å². The van der Waals surface area contributed by atoms with Gasteiger partial charge in [0.2, 0.25) is 0 Å². The molecule has 3 nitrogen and oxygen atoms in total. The van der Waals surface area contributed by atoms with Gasteiger partial charge in [0.05, 0.1) is 18.5 Å². The van der Waals surface area contributed by atoms with E-state index in [1.54, 1.807) is 0 Å². The minimum absolute atomic E-state index is 0.345. The van der Waals surface area contributed by atoms with Gasteiger partial charge in [-0.15, -0.1) is 0 Å². The van der Waals surface area contributed by atoms with E-state index in [2.05, 4.69) is 17.2 Å². The summed E-state index contributed by atoms with van der Waals surface area (Å²) in [4.78, 5) is 4.43. The number of ether oxygens (including phenoxy) is 1. The number of hydrogen-bond acceptors (Lipinski definition) is 3. The molecule has 0 bridgehead atoms. The molecule has 1 unspecified atom stereocenters. The molecular weight excluding hydrogens is 200 g/mol. The van der Waals surface area contributed by atoms with Gasteiger partial charge in [0.1, 0.15) is 5.75 Å². The normalized spacial score (nSPS) is 17.1. The predicted octanol–water partition coefficient (Wildman–Crippen LogP) is 2.54. The average molecular weight is 220 g/mol. The first kappa shape index (κ1) is 11.4. The van der Waals surface area contributed by atoms with Crippen LogP contribution in [0.25, 0.3) is 0 Å². The molecule has 1 aromatic heterocycles. The molecule has 1 saturated carbocycles. The highest BCUT2D eigenvalue weighted by molar-refractivity contribution is 5.21. The van der Waals surface area contributed by atoms with Crippen molar-refractivity contribution in [3.63, 3.8) is 0 Å². The largest absolute Gasteiger partial charge is 0.492 e. The molecule has 16 heavy (non-hydrogen) atoms. The Kier molecular flexibility index (Phi) is 3.78. The maximum absolute atomic E-state index is 5.65. The summed E-state index contributed by atoms with van der Waals surface area (Å²) < 4.78 is 5.65. The average Bonchev–Trinajstić information content (AvgIpc) is 3.13. The zero-order valence-corrected chi connectivity index (χ0v) is 10.1. The maximum atomic E-state index is 5.65. The molecule has 1 atom stereocenters. The molecule has 0 spiro atoms. The number of rotatable bonds is 6. The van der Waals surface area contributed by atoms with Crippen LogP contribution in [0.2, 0.25) is 0 Å². The van der Waals surface area contributed by atoms with Crippen LogP contribution >= 0.6 is 0 Å². The Balaban J connectivity index is 1.91. The fraction of sp³-hybridized carbons (Fsp3) is 0.615. The number of hydrogen-bond donors (Lipinski definition) is 1. The summed E-state index contributed by atoms with van der Waals surface area (Å²) in [5, 5.41) is 3.24. The van der Waals surface area contributed by atoms with E-state index in [9.17, 15) is 0 Å². The number of aromatic nitrogens is 1. The van der Waals surface area contributed by atoms with E-state index in [0.29, 0.717) is 6.04 Å². The maximum Gasteiger partial charge on any atom is 0.137 e. The van der Waals surface area contributed by atoms with Crippen LogP contribution in [-0.4, -0.2) is 18.6 Å². The molecular formula is C13H20N2O. The molecule has 2 rings (SSSR count). The standard InChI is InChI=1S/C13H20N2O/c1-3-12(14-2)13-7-6-11(8-15-13)16-9-10-4-5-10/h6-8,10,12,14H,3-5,9H2,1-2H3. The minimum Gasteiger partial charge on any atom is -0.492 e. The number of nitrogens with zero attached hydrogens (tertiary/aromatic N) is 1. The van der Waals surface area contributed by atoms with Crippen molar-refractivity contribution in [2.24, 2.45) is 5.92 Å². The fourth-order valence-electron chi connectivity index (χ4n) is 1.74. The summed E-state index contributed by atoms with van der Waals surface area (Å²) in [5.74, 6) is 1.68. The van der Waals surface area contributed by atoms with Crippen molar-refractivity contribution in [3.05, 3.63) is 24.0 Å². The van der Waals surface area contributed by atoms with Gasteiger partial charge in [-0.2, -0.15) is 0 Å². The molecule has 0 saturated heterocycles. The molecule has 1 N–H and O–H groups in total. The zero-order valence-electron chi connectivity index (χ0n) is 10.1. The van der Waals surface area contributed by atoms with Crippen molar-refractivity contribution in [1.82, 2.24) is 10.3 Å². The van der Waals surface area contributed by atoms with Gasteiger partial charge < -0.3 is 10.1 Å². The molecule has 1 fully saturated rings. The van der Waals surface area contributed by atoms with Crippen molar-refractivity contribution in [3.8, 4) is 5.75 Å². The third-order valence-electron chi connectivity index (χ3n) is 3.06. The van der Waals surface area contributed by atoms with E-state index in [1.165, 1.54) is 12.8 Å². The van der Waals surface area contributed by atoms with Crippen LogP contribution in [0, 0.1) is 5.92 Å². The highest BCUT2D eigenvalue weighted by Crippen LogP contribution is 2.29. The lowest BCUT2D eigenvalue weighted by molar-refractivity contribution is 0.298. The van der Waals surface area contributed by atoms with Crippen LogP contribution in [0.15, 0.2) is 18.3 Å². The third-order valence-corrected chi connectivity index (χ3v) is 3.06. The second-order valence-corrected chi connectivity index (χ2v) is 4.42. The van der Waals surface area contributed by atoms with Gasteiger partial charge in [-0.1, -0.05) is 6.92 Å². The molecule has 1 aliphatic rings. The van der Waals surface area contributed by atoms with Crippen molar-refractivity contribution in [2.75, 3.05) is 13.7 Å². The lowest BCUT2D eigenvalue weighted by Gasteiger charge is -2.13. The van der Waals surface area contributed by atoms with Gasteiger partial charge >= 0.3 is 0 Å². The molecule has 88 valence electrons. The first-order chi connectivity index (χ1) is 7.83. The molecule has 1 aromatic rings. The van der Waals surface area contributed by atoms with Crippen molar-refractivity contribution in [2.45, 2.75) is 32.2 Å². The second-order valence-electron chi connectivity index (χ2n) is 4.42. The summed E-state index contributed by atoms with van der Waals surface area (Å²) in [5.41, 5.74) is 1.09. The van der Waals surface area contributed by atoms with E-state index in [-0.39, 0.29) is 0 Å². The Bertz CT molecular complexity index is 315. The minimum atomic E-state index is 0.345. The summed E-state index contributed by atoms with van der Waals surface area (Å²) in [7, 11) is 1.97. The van der Waals surface area contributed by atoms with Crippen LogP contribution in [0.3, 0.4) is 0 Å². The lowest BCUT2D eigenvalue weighted by Crippen LogP contribution is -2.16. The molecule has 0 aromatic carbocycles. The van der Waals surface area contributed by atoms with Crippen LogP contribution in [0.4, 0.5) is 0 Å². The van der Waals surface area contributed by atoms with Gasteiger partial charge in [0, 0.05) is 6.04 Å². The molecule has 1 aliphatic carbocycles. The Morgan fingerprint density at radius 3 is 2.81 bits per heavy atom. The van der Waals surface area contributed by atoms with Crippen LogP contribution in [0.5, 0.6) is 5.75 Å². The van der Waals surface area contributed by atoms with Crippen molar-refractivity contribution >= 4 is 0 Å². The quantitative estimate of drug-likeness (QED) is 0.800. The van der Waals surface area contributed by atoms with E-state index >= 15 is 0 Å². The SMILES string of the molecule is CCC(NC)c1ccc(OCC2CC2)cn1. The molecule has 0 radical (unpaired) electrons. The van der Waals surface area contributed by atoms with Crippen LogP contribution in [-0.2, 0) is 0 Å². The second kappa shape index (κ2) is 5.30. The van der Waals surface area contributed by atoms with Crippen molar-refractivity contribution < 1.29 is 4.74 Å². The molecule has 3 heteroatoms. The highest BCUT2D eigenvalue weighted by atomic mass is 16.5. The first-order valence-corrected chi connectivity index (χ1v) is 6.09. The van der Waals surface area contributed by atoms with Gasteiger partial charge in [-0.3, -0.25) is 4.98 Å². The molecule has 1 heterocycles. The summed E-state index contributed by atoms with van der Waals surface area (Å²) >= 11 is 0. The topological polar surface area (TPSA) is 34.1 Å². The Morgan fingerprint density at radius 2 is 2.31 bits per heavy atom. The Hall–Kier alpha value is -1.09. The third kappa shape index (κ3) is 2.95. The van der Waals surface area contributed by atoms with Crippen molar-refractivity contribution in [1.29, 1.82) is 0 Å². The first-order valence-electron chi connectivity index (χ1n) is 6.09. The number of pyridine rings is 1.